The van der Waals surface area contributed by atoms with Crippen molar-refractivity contribution in [2.75, 3.05) is 0 Å². The molecule has 1 unspecified atom stereocenters. The van der Waals surface area contributed by atoms with Crippen molar-refractivity contribution in [3.05, 3.63) is 77.4 Å². The van der Waals surface area contributed by atoms with Gasteiger partial charge in [0.05, 0.1) is 0 Å². The molecule has 0 radical (unpaired) electrons. The van der Waals surface area contributed by atoms with E-state index in [9.17, 15) is 13.2 Å². The summed E-state index contributed by atoms with van der Waals surface area (Å²) in [7, 11) is 0. The summed E-state index contributed by atoms with van der Waals surface area (Å²) in [6, 6.07) is 12.1. The normalized spacial score (nSPS) is 23.3. The number of rotatable bonds is 3. The molecule has 31 heavy (non-hydrogen) atoms. The molecule has 0 N–H and O–H groups in total. The summed E-state index contributed by atoms with van der Waals surface area (Å²) in [6.45, 7) is 3.95. The number of hydrogen-bond acceptors (Lipinski definition) is 1. The molecule has 0 spiro atoms. The van der Waals surface area contributed by atoms with Crippen LogP contribution in [0.3, 0.4) is 0 Å². The summed E-state index contributed by atoms with van der Waals surface area (Å²) in [4.78, 5) is 0. The Hall–Kier alpha value is -2.67. The van der Waals surface area contributed by atoms with E-state index in [2.05, 4.69) is 47.4 Å². The molecule has 2 aromatic carbocycles. The fourth-order valence-corrected chi connectivity index (χ4v) is 5.00. The lowest BCUT2D eigenvalue weighted by atomic mass is 9.70. The number of benzene rings is 2. The third-order valence-electron chi connectivity index (χ3n) is 6.73. The van der Waals surface area contributed by atoms with E-state index in [-0.39, 0.29) is 5.75 Å². The van der Waals surface area contributed by atoms with Gasteiger partial charge in [-0.05, 0) is 110 Å². The van der Waals surface area contributed by atoms with Gasteiger partial charge < -0.3 is 4.74 Å². The standard InChI is InChI=1S/C27H27F3O/c1-2-19-5-10-22(11-6-19)24-14-13-23-17-21(7-12-25(23)18-24)4-3-20-8-15-26(16-9-20)31-27(28,29)30/h2,7-9,12,15-17,19,22,24H,1,5-6,10-11,13-14,18H2. The minimum Gasteiger partial charge on any atom is -0.406 e. The molecule has 0 saturated heterocycles. The highest BCUT2D eigenvalue weighted by Crippen LogP contribution is 2.39. The largest absolute Gasteiger partial charge is 0.573 e. The maximum Gasteiger partial charge on any atom is 0.573 e. The van der Waals surface area contributed by atoms with Crippen LogP contribution in [0, 0.1) is 29.6 Å². The highest BCUT2D eigenvalue weighted by Gasteiger charge is 2.31. The van der Waals surface area contributed by atoms with Gasteiger partial charge in [0, 0.05) is 11.1 Å². The monoisotopic (exact) mass is 424 g/mol. The molecule has 1 nitrogen and oxygen atoms in total. The quantitative estimate of drug-likeness (QED) is 0.378. The van der Waals surface area contributed by atoms with Crippen molar-refractivity contribution in [1.29, 1.82) is 0 Å². The van der Waals surface area contributed by atoms with Crippen molar-refractivity contribution in [3.8, 4) is 17.6 Å². The third-order valence-corrected chi connectivity index (χ3v) is 6.73. The Labute approximate surface area is 182 Å². The van der Waals surface area contributed by atoms with Crippen LogP contribution in [0.5, 0.6) is 5.75 Å². The molecule has 0 aromatic heterocycles. The zero-order chi connectivity index (χ0) is 21.8. The lowest BCUT2D eigenvalue weighted by molar-refractivity contribution is -0.274. The summed E-state index contributed by atoms with van der Waals surface area (Å²) in [6.07, 6.45) is 6.17. The number of fused-ring (bicyclic) bond motifs is 1. The Bertz CT molecular complexity index is 970. The summed E-state index contributed by atoms with van der Waals surface area (Å²) >= 11 is 0. The van der Waals surface area contributed by atoms with Crippen LogP contribution in [0.2, 0.25) is 0 Å². The van der Waals surface area contributed by atoms with E-state index in [0.717, 1.165) is 30.2 Å². The predicted molar refractivity (Wildman–Crippen MR) is 117 cm³/mol. The van der Waals surface area contributed by atoms with Crippen LogP contribution in [0.4, 0.5) is 13.2 Å². The first-order valence-electron chi connectivity index (χ1n) is 11.0. The van der Waals surface area contributed by atoms with E-state index >= 15 is 0 Å². The van der Waals surface area contributed by atoms with E-state index in [1.54, 1.807) is 0 Å². The lowest BCUT2D eigenvalue weighted by Crippen LogP contribution is -2.26. The van der Waals surface area contributed by atoms with Gasteiger partial charge in [0.25, 0.3) is 0 Å². The molecular weight excluding hydrogens is 397 g/mol. The third kappa shape index (κ3) is 5.73. The van der Waals surface area contributed by atoms with Crippen molar-refractivity contribution >= 4 is 0 Å². The second kappa shape index (κ2) is 9.22. The van der Waals surface area contributed by atoms with Crippen LogP contribution in [0.25, 0.3) is 0 Å². The van der Waals surface area contributed by atoms with Crippen LogP contribution in [-0.4, -0.2) is 6.36 Å². The SMILES string of the molecule is C=CC1CCC(C2CCc3cc(C#Cc4ccc(OC(F)(F)F)cc4)ccc3C2)CC1. The fourth-order valence-electron chi connectivity index (χ4n) is 5.00. The molecule has 0 amide bonds. The van der Waals surface area contributed by atoms with Gasteiger partial charge in [-0.25, -0.2) is 0 Å². The van der Waals surface area contributed by atoms with E-state index in [1.807, 2.05) is 0 Å². The Morgan fingerprint density at radius 1 is 0.839 bits per heavy atom. The van der Waals surface area contributed by atoms with E-state index in [1.165, 1.54) is 67.5 Å². The fraction of sp³-hybridized carbons (Fsp3) is 0.407. The summed E-state index contributed by atoms with van der Waals surface area (Å²) < 4.78 is 40.7. The highest BCUT2D eigenvalue weighted by molar-refractivity contribution is 5.47. The topological polar surface area (TPSA) is 9.23 Å². The zero-order valence-electron chi connectivity index (χ0n) is 17.5. The van der Waals surface area contributed by atoms with Gasteiger partial charge in [0.1, 0.15) is 5.75 Å². The molecule has 1 fully saturated rings. The van der Waals surface area contributed by atoms with Crippen molar-refractivity contribution in [1.82, 2.24) is 0 Å². The lowest BCUT2D eigenvalue weighted by Gasteiger charge is -2.36. The maximum atomic E-state index is 12.3. The minimum atomic E-state index is -4.68. The van der Waals surface area contributed by atoms with Crippen molar-refractivity contribution in [2.45, 2.75) is 51.3 Å². The number of alkyl halides is 3. The van der Waals surface area contributed by atoms with Gasteiger partial charge in [-0.1, -0.05) is 24.0 Å². The van der Waals surface area contributed by atoms with E-state index < -0.39 is 6.36 Å². The van der Waals surface area contributed by atoms with Crippen molar-refractivity contribution < 1.29 is 17.9 Å². The van der Waals surface area contributed by atoms with Gasteiger partial charge in [-0.2, -0.15) is 0 Å². The molecule has 4 heteroatoms. The van der Waals surface area contributed by atoms with Crippen LogP contribution in [-0.2, 0) is 12.8 Å². The highest BCUT2D eigenvalue weighted by atomic mass is 19.4. The Balaban J connectivity index is 1.38. The van der Waals surface area contributed by atoms with Crippen LogP contribution >= 0.6 is 0 Å². The first-order valence-corrected chi connectivity index (χ1v) is 11.0. The predicted octanol–water partition coefficient (Wildman–Crippen LogP) is 7.08. The zero-order valence-corrected chi connectivity index (χ0v) is 17.5. The van der Waals surface area contributed by atoms with Gasteiger partial charge in [0.15, 0.2) is 0 Å². The molecule has 0 bridgehead atoms. The maximum absolute atomic E-state index is 12.3. The minimum absolute atomic E-state index is 0.237. The average molecular weight is 425 g/mol. The number of allylic oxidation sites excluding steroid dienone is 1. The first-order chi connectivity index (χ1) is 14.9. The molecular formula is C27H27F3O. The smallest absolute Gasteiger partial charge is 0.406 e. The summed E-state index contributed by atoms with van der Waals surface area (Å²) in [5, 5.41) is 0. The van der Waals surface area contributed by atoms with E-state index in [4.69, 9.17) is 0 Å². The van der Waals surface area contributed by atoms with Gasteiger partial charge in [-0.3, -0.25) is 0 Å². The second-order valence-electron chi connectivity index (χ2n) is 8.72. The van der Waals surface area contributed by atoms with Crippen molar-refractivity contribution in [2.24, 2.45) is 17.8 Å². The van der Waals surface area contributed by atoms with E-state index in [0.29, 0.717) is 11.5 Å². The number of ether oxygens (including phenoxy) is 1. The molecule has 162 valence electrons. The van der Waals surface area contributed by atoms with Crippen LogP contribution in [0.15, 0.2) is 55.1 Å². The summed E-state index contributed by atoms with van der Waals surface area (Å²) in [5.41, 5.74) is 4.43. The van der Waals surface area contributed by atoms with Crippen LogP contribution < -0.4 is 4.74 Å². The molecule has 0 heterocycles. The van der Waals surface area contributed by atoms with Gasteiger partial charge >= 0.3 is 6.36 Å². The Morgan fingerprint density at radius 3 is 2.19 bits per heavy atom. The first kappa shape index (κ1) is 21.6. The molecule has 1 atom stereocenters. The second-order valence-corrected chi connectivity index (χ2v) is 8.72. The number of hydrogen-bond donors (Lipinski definition) is 0. The summed E-state index contributed by atoms with van der Waals surface area (Å²) in [5.74, 6) is 8.27. The molecule has 0 aliphatic heterocycles. The molecule has 4 rings (SSSR count). The van der Waals surface area contributed by atoms with Crippen LogP contribution in [0.1, 0.15) is 54.4 Å². The number of aryl methyl sites for hydroxylation is 1. The molecule has 2 aliphatic carbocycles. The molecule has 2 aromatic rings. The number of halogens is 3. The van der Waals surface area contributed by atoms with Gasteiger partial charge in [-0.15, -0.1) is 19.8 Å². The Kier molecular flexibility index (Phi) is 6.41. The van der Waals surface area contributed by atoms with Crippen molar-refractivity contribution in [3.63, 3.8) is 0 Å². The van der Waals surface area contributed by atoms with Gasteiger partial charge in [0.2, 0.25) is 0 Å². The molecule has 1 saturated carbocycles. The molecule has 2 aliphatic rings. The average Bonchev–Trinajstić information content (AvgIpc) is 2.77. The Morgan fingerprint density at radius 2 is 1.52 bits per heavy atom.